The molecule has 1 aromatic carbocycles. The largest absolute Gasteiger partial charge is 0.433 e. The summed E-state index contributed by atoms with van der Waals surface area (Å²) in [6.07, 6.45) is 5.04. The highest BCUT2D eigenvalue weighted by Crippen LogP contribution is 2.58. The van der Waals surface area contributed by atoms with Crippen LogP contribution in [0.2, 0.25) is 5.02 Å². The van der Waals surface area contributed by atoms with Gasteiger partial charge in [0.25, 0.3) is 0 Å². The molecule has 0 bridgehead atoms. The summed E-state index contributed by atoms with van der Waals surface area (Å²) in [4.78, 5) is 6.24. The van der Waals surface area contributed by atoms with Gasteiger partial charge in [-0.3, -0.25) is 4.98 Å². The number of benzene rings is 1. The Kier molecular flexibility index (Phi) is 3.01. The second-order valence-corrected chi connectivity index (χ2v) is 6.11. The minimum atomic E-state index is -2.85. The Bertz CT molecular complexity index is 734. The third-order valence-electron chi connectivity index (χ3n) is 4.38. The van der Waals surface area contributed by atoms with Gasteiger partial charge in [-0.2, -0.15) is 8.78 Å². The Hall–Kier alpha value is -1.88. The van der Waals surface area contributed by atoms with Crippen molar-refractivity contribution in [3.8, 4) is 5.75 Å². The highest BCUT2D eigenvalue weighted by Gasteiger charge is 2.54. The van der Waals surface area contributed by atoms with Gasteiger partial charge in [-0.05, 0) is 36.1 Å². The van der Waals surface area contributed by atoms with Crippen molar-refractivity contribution in [3.05, 3.63) is 52.8 Å². The summed E-state index contributed by atoms with van der Waals surface area (Å²) in [6, 6.07) is 7.54. The molecule has 6 heteroatoms. The summed E-state index contributed by atoms with van der Waals surface area (Å²) in [5.74, 6) is 0.0808. The lowest BCUT2D eigenvalue weighted by molar-refractivity contribution is -0.0500. The van der Waals surface area contributed by atoms with E-state index in [-0.39, 0.29) is 11.3 Å². The fourth-order valence-corrected chi connectivity index (χ4v) is 3.48. The van der Waals surface area contributed by atoms with Gasteiger partial charge < -0.3 is 9.64 Å². The summed E-state index contributed by atoms with van der Waals surface area (Å²) in [6.45, 7) is -2.12. The molecular weight excluding hydrogens is 310 g/mol. The fourth-order valence-electron chi connectivity index (χ4n) is 3.31. The fraction of sp³-hybridized carbons (Fsp3) is 0.312. The number of alkyl halides is 2. The lowest BCUT2D eigenvalue weighted by Crippen LogP contribution is -2.28. The van der Waals surface area contributed by atoms with Crippen LogP contribution in [0, 0.1) is 0 Å². The minimum absolute atomic E-state index is 0.0641. The first-order chi connectivity index (χ1) is 10.6. The van der Waals surface area contributed by atoms with E-state index in [2.05, 4.69) is 14.6 Å². The second-order valence-electron chi connectivity index (χ2n) is 5.68. The van der Waals surface area contributed by atoms with E-state index in [0.717, 1.165) is 30.1 Å². The molecule has 0 saturated heterocycles. The SMILES string of the molecule is FC(F)Oc1cncc(N2Cc3ccc(Cl)cc3C23CC3)c1. The van der Waals surface area contributed by atoms with E-state index in [1.54, 1.807) is 12.3 Å². The number of halogens is 3. The van der Waals surface area contributed by atoms with E-state index in [0.29, 0.717) is 0 Å². The molecule has 1 aliphatic carbocycles. The number of rotatable bonds is 3. The molecule has 2 aromatic rings. The topological polar surface area (TPSA) is 25.4 Å². The van der Waals surface area contributed by atoms with Crippen molar-refractivity contribution in [3.63, 3.8) is 0 Å². The van der Waals surface area contributed by atoms with E-state index in [9.17, 15) is 8.78 Å². The molecule has 114 valence electrons. The van der Waals surface area contributed by atoms with Gasteiger partial charge >= 0.3 is 6.61 Å². The van der Waals surface area contributed by atoms with Crippen molar-refractivity contribution < 1.29 is 13.5 Å². The van der Waals surface area contributed by atoms with E-state index < -0.39 is 6.61 Å². The van der Waals surface area contributed by atoms with Crippen LogP contribution in [0.3, 0.4) is 0 Å². The molecule has 1 aromatic heterocycles. The number of hydrogen-bond donors (Lipinski definition) is 0. The van der Waals surface area contributed by atoms with Crippen LogP contribution in [-0.4, -0.2) is 11.6 Å². The number of anilines is 1. The molecule has 2 aliphatic rings. The molecule has 0 radical (unpaired) electrons. The van der Waals surface area contributed by atoms with E-state index in [1.807, 2.05) is 18.2 Å². The van der Waals surface area contributed by atoms with Crippen molar-refractivity contribution in [2.75, 3.05) is 4.90 Å². The van der Waals surface area contributed by atoms with E-state index >= 15 is 0 Å². The molecular formula is C16H13ClF2N2O. The summed E-state index contributed by atoms with van der Waals surface area (Å²) in [5, 5.41) is 0.722. The van der Waals surface area contributed by atoms with Crippen molar-refractivity contribution in [1.29, 1.82) is 0 Å². The Balaban J connectivity index is 1.70. The molecule has 0 amide bonds. The average molecular weight is 323 g/mol. The lowest BCUT2D eigenvalue weighted by atomic mass is 10.0. The van der Waals surface area contributed by atoms with Gasteiger partial charge in [0.2, 0.25) is 0 Å². The van der Waals surface area contributed by atoms with Crippen LogP contribution in [-0.2, 0) is 12.1 Å². The summed E-state index contributed by atoms with van der Waals surface area (Å²) in [5.41, 5.74) is 3.19. The number of pyridine rings is 1. The van der Waals surface area contributed by atoms with Gasteiger partial charge in [0.05, 0.1) is 23.6 Å². The zero-order valence-electron chi connectivity index (χ0n) is 11.6. The number of fused-ring (bicyclic) bond motifs is 2. The third kappa shape index (κ3) is 2.11. The standard InChI is InChI=1S/C16H13ClF2N2O/c17-11-2-1-10-9-21(16(3-4-16)14(10)5-11)12-6-13(8-20-7-12)22-15(18)19/h1-2,5-8,15H,3-4,9H2. The summed E-state index contributed by atoms with van der Waals surface area (Å²) in [7, 11) is 0. The third-order valence-corrected chi connectivity index (χ3v) is 4.61. The molecule has 0 atom stereocenters. The Morgan fingerprint density at radius 2 is 2.05 bits per heavy atom. The Morgan fingerprint density at radius 1 is 1.23 bits per heavy atom. The summed E-state index contributed by atoms with van der Waals surface area (Å²) < 4.78 is 29.2. The van der Waals surface area contributed by atoms with Gasteiger partial charge in [0.1, 0.15) is 5.75 Å². The van der Waals surface area contributed by atoms with Gasteiger partial charge in [0.15, 0.2) is 0 Å². The number of nitrogens with zero attached hydrogens (tertiary/aromatic N) is 2. The van der Waals surface area contributed by atoms with Crippen LogP contribution < -0.4 is 9.64 Å². The predicted octanol–water partition coefficient (Wildman–Crippen LogP) is 4.35. The molecule has 2 heterocycles. The minimum Gasteiger partial charge on any atom is -0.433 e. The van der Waals surface area contributed by atoms with Crippen molar-refractivity contribution in [1.82, 2.24) is 4.98 Å². The highest BCUT2D eigenvalue weighted by atomic mass is 35.5. The maximum absolute atomic E-state index is 12.4. The average Bonchev–Trinajstić information content (AvgIpc) is 3.20. The zero-order valence-corrected chi connectivity index (χ0v) is 12.4. The molecule has 4 rings (SSSR count). The van der Waals surface area contributed by atoms with E-state index in [4.69, 9.17) is 11.6 Å². The molecule has 1 aliphatic heterocycles. The van der Waals surface area contributed by atoms with Gasteiger partial charge in [0, 0.05) is 17.6 Å². The maximum atomic E-state index is 12.4. The molecule has 22 heavy (non-hydrogen) atoms. The van der Waals surface area contributed by atoms with Crippen molar-refractivity contribution in [2.24, 2.45) is 0 Å². The van der Waals surface area contributed by atoms with Crippen LogP contribution >= 0.6 is 11.6 Å². The molecule has 3 nitrogen and oxygen atoms in total. The maximum Gasteiger partial charge on any atom is 0.387 e. The molecule has 0 unspecified atom stereocenters. The highest BCUT2D eigenvalue weighted by molar-refractivity contribution is 6.30. The summed E-state index contributed by atoms with van der Waals surface area (Å²) >= 11 is 6.12. The quantitative estimate of drug-likeness (QED) is 0.840. The van der Waals surface area contributed by atoms with Crippen LogP contribution in [0.15, 0.2) is 36.7 Å². The van der Waals surface area contributed by atoms with Crippen LogP contribution in [0.25, 0.3) is 0 Å². The number of ether oxygens (including phenoxy) is 1. The molecule has 1 spiro atoms. The number of aromatic nitrogens is 1. The smallest absolute Gasteiger partial charge is 0.387 e. The monoisotopic (exact) mass is 322 g/mol. The molecule has 1 fully saturated rings. The molecule has 1 saturated carbocycles. The number of hydrogen-bond acceptors (Lipinski definition) is 3. The predicted molar refractivity (Wildman–Crippen MR) is 79.4 cm³/mol. The Labute approximate surface area is 131 Å². The van der Waals surface area contributed by atoms with Gasteiger partial charge in [-0.15, -0.1) is 0 Å². The van der Waals surface area contributed by atoms with Gasteiger partial charge in [-0.25, -0.2) is 0 Å². The lowest BCUT2D eigenvalue weighted by Gasteiger charge is -2.27. The Morgan fingerprint density at radius 3 is 2.77 bits per heavy atom. The van der Waals surface area contributed by atoms with Crippen LogP contribution in [0.1, 0.15) is 24.0 Å². The first-order valence-corrected chi connectivity index (χ1v) is 7.43. The van der Waals surface area contributed by atoms with Crippen molar-refractivity contribution >= 4 is 17.3 Å². The first-order valence-electron chi connectivity index (χ1n) is 7.05. The zero-order chi connectivity index (χ0) is 15.3. The van der Waals surface area contributed by atoms with Crippen LogP contribution in [0.4, 0.5) is 14.5 Å². The normalized spacial score (nSPS) is 17.9. The second kappa shape index (κ2) is 4.81. The van der Waals surface area contributed by atoms with E-state index in [1.165, 1.54) is 17.3 Å². The van der Waals surface area contributed by atoms with Gasteiger partial charge in [-0.1, -0.05) is 17.7 Å². The molecule has 0 N–H and O–H groups in total. The van der Waals surface area contributed by atoms with Crippen molar-refractivity contribution in [2.45, 2.75) is 31.5 Å². The van der Waals surface area contributed by atoms with Crippen LogP contribution in [0.5, 0.6) is 5.75 Å². The first kappa shape index (κ1) is 13.8.